The molecule has 6 nitrogen and oxygen atoms in total. The van der Waals surface area contributed by atoms with E-state index in [0.29, 0.717) is 19.1 Å². The molecule has 0 spiro atoms. The molecule has 0 bridgehead atoms. The summed E-state index contributed by atoms with van der Waals surface area (Å²) in [6.07, 6.45) is 4.01. The van der Waals surface area contributed by atoms with Gasteiger partial charge in [0, 0.05) is 18.8 Å². The van der Waals surface area contributed by atoms with Gasteiger partial charge in [0.1, 0.15) is 11.6 Å². The minimum absolute atomic E-state index is 0.232. The van der Waals surface area contributed by atoms with Crippen LogP contribution in [0.25, 0.3) is 22.1 Å². The molecule has 3 heterocycles. The van der Waals surface area contributed by atoms with Gasteiger partial charge < -0.3 is 20.2 Å². The Labute approximate surface area is 190 Å². The number of benzene rings is 3. The fourth-order valence-corrected chi connectivity index (χ4v) is 4.67. The molecule has 166 valence electrons. The number of H-pyrrole nitrogens is 2. The van der Waals surface area contributed by atoms with Crippen molar-refractivity contribution in [2.75, 3.05) is 11.4 Å². The van der Waals surface area contributed by atoms with Crippen molar-refractivity contribution in [2.24, 2.45) is 0 Å². The van der Waals surface area contributed by atoms with Gasteiger partial charge in [0.15, 0.2) is 0 Å². The highest BCUT2D eigenvalue weighted by atomic mass is 19.1. The van der Waals surface area contributed by atoms with Gasteiger partial charge in [-0.2, -0.15) is 0 Å². The summed E-state index contributed by atoms with van der Waals surface area (Å²) in [6.45, 7) is 2.43. The first-order valence-electron chi connectivity index (χ1n) is 11.4. The summed E-state index contributed by atoms with van der Waals surface area (Å²) in [6, 6.07) is 19.6. The number of aromatic amines is 2. The molecule has 0 aliphatic carbocycles. The average molecular weight is 441 g/mol. The fourth-order valence-electron chi connectivity index (χ4n) is 4.67. The first-order chi connectivity index (χ1) is 16.2. The van der Waals surface area contributed by atoms with Crippen LogP contribution in [-0.4, -0.2) is 26.5 Å². The van der Waals surface area contributed by atoms with Crippen LogP contribution in [0.4, 0.5) is 10.1 Å². The Morgan fingerprint density at radius 2 is 1.67 bits per heavy atom. The molecule has 1 aliphatic rings. The Bertz CT molecular complexity index is 1400. The summed E-state index contributed by atoms with van der Waals surface area (Å²) >= 11 is 0. The highest BCUT2D eigenvalue weighted by Gasteiger charge is 2.19. The molecule has 1 fully saturated rings. The first kappa shape index (κ1) is 19.9. The zero-order valence-corrected chi connectivity index (χ0v) is 18.2. The zero-order valence-electron chi connectivity index (χ0n) is 18.2. The summed E-state index contributed by atoms with van der Waals surface area (Å²) in [4.78, 5) is 18.1. The molecule has 3 aromatic carbocycles. The number of nitrogens with zero attached hydrogens (tertiary/aromatic N) is 3. The smallest absolute Gasteiger partial charge is 0.124 e. The Balaban J connectivity index is 1.30. The fraction of sp³-hybridized carbons (Fsp3) is 0.231. The quantitative estimate of drug-likeness (QED) is 0.339. The van der Waals surface area contributed by atoms with Gasteiger partial charge >= 0.3 is 0 Å². The largest absolute Gasteiger partial charge is 0.363 e. The average Bonchev–Trinajstić information content (AvgIpc) is 3.58. The van der Waals surface area contributed by atoms with Gasteiger partial charge in [0.05, 0.1) is 34.4 Å². The number of halogens is 1. The lowest BCUT2D eigenvalue weighted by atomic mass is 10.1. The van der Waals surface area contributed by atoms with E-state index in [0.717, 1.165) is 52.1 Å². The van der Waals surface area contributed by atoms with Crippen LogP contribution in [0.5, 0.6) is 0 Å². The molecule has 0 radical (unpaired) electrons. The summed E-state index contributed by atoms with van der Waals surface area (Å²) in [5.41, 5.74) is 7.30. The molecule has 6 rings (SSSR count). The van der Waals surface area contributed by atoms with Crippen molar-refractivity contribution in [3.05, 3.63) is 89.8 Å². The van der Waals surface area contributed by atoms with Gasteiger partial charge in [-0.05, 0) is 79.0 Å². The molecule has 2 aromatic heterocycles. The van der Waals surface area contributed by atoms with E-state index in [1.807, 2.05) is 18.2 Å². The van der Waals surface area contributed by atoms with E-state index >= 15 is 0 Å². The molecular formula is C26H25FN6. The maximum atomic E-state index is 13.6. The SMILES string of the molecule is Fc1ccc(N(Cc2ccc3nc[nH]c3c2)Cc2ccc3nc(C4CCCN4)[nH]c3c2)cc1. The second-order valence-corrected chi connectivity index (χ2v) is 8.71. The van der Waals surface area contributed by atoms with Crippen LogP contribution < -0.4 is 10.2 Å². The Kier molecular flexibility index (Phi) is 5.03. The van der Waals surface area contributed by atoms with Gasteiger partial charge in [-0.25, -0.2) is 14.4 Å². The lowest BCUT2D eigenvalue weighted by molar-refractivity contribution is 0.614. The molecule has 1 atom stereocenters. The summed E-state index contributed by atoms with van der Waals surface area (Å²) in [5, 5.41) is 3.51. The van der Waals surface area contributed by atoms with Crippen molar-refractivity contribution in [3.63, 3.8) is 0 Å². The number of nitrogens with one attached hydrogen (secondary N) is 3. The molecule has 1 unspecified atom stereocenters. The van der Waals surface area contributed by atoms with E-state index in [1.54, 1.807) is 6.33 Å². The summed E-state index contributed by atoms with van der Waals surface area (Å²) in [5.74, 6) is 0.785. The zero-order chi connectivity index (χ0) is 22.2. The first-order valence-corrected chi connectivity index (χ1v) is 11.4. The van der Waals surface area contributed by atoms with Gasteiger partial charge in [0.2, 0.25) is 0 Å². The normalized spacial score (nSPS) is 16.1. The van der Waals surface area contributed by atoms with Crippen molar-refractivity contribution in [1.82, 2.24) is 25.3 Å². The van der Waals surface area contributed by atoms with E-state index in [-0.39, 0.29) is 5.82 Å². The minimum Gasteiger partial charge on any atom is -0.363 e. The van der Waals surface area contributed by atoms with E-state index in [2.05, 4.69) is 55.5 Å². The number of hydrogen-bond acceptors (Lipinski definition) is 4. The van der Waals surface area contributed by atoms with Gasteiger partial charge in [-0.1, -0.05) is 12.1 Å². The van der Waals surface area contributed by atoms with Crippen LogP contribution in [0.2, 0.25) is 0 Å². The van der Waals surface area contributed by atoms with Gasteiger partial charge in [-0.15, -0.1) is 0 Å². The third-order valence-corrected chi connectivity index (χ3v) is 6.38. The number of rotatable bonds is 6. The number of anilines is 1. The predicted octanol–water partition coefficient (Wildman–Crippen LogP) is 5.21. The highest BCUT2D eigenvalue weighted by Crippen LogP contribution is 2.26. The van der Waals surface area contributed by atoms with Crippen molar-refractivity contribution in [1.29, 1.82) is 0 Å². The van der Waals surface area contributed by atoms with E-state index in [9.17, 15) is 4.39 Å². The van der Waals surface area contributed by atoms with Crippen LogP contribution in [-0.2, 0) is 13.1 Å². The number of imidazole rings is 2. The number of fused-ring (bicyclic) bond motifs is 2. The van der Waals surface area contributed by atoms with Crippen LogP contribution in [0.15, 0.2) is 67.0 Å². The summed E-state index contributed by atoms with van der Waals surface area (Å²) in [7, 11) is 0. The summed E-state index contributed by atoms with van der Waals surface area (Å²) < 4.78 is 13.6. The lowest BCUT2D eigenvalue weighted by Gasteiger charge is -2.25. The van der Waals surface area contributed by atoms with Crippen LogP contribution in [0.3, 0.4) is 0 Å². The van der Waals surface area contributed by atoms with Crippen molar-refractivity contribution in [3.8, 4) is 0 Å². The minimum atomic E-state index is -0.232. The molecule has 7 heteroatoms. The maximum Gasteiger partial charge on any atom is 0.124 e. The third-order valence-electron chi connectivity index (χ3n) is 6.38. The topological polar surface area (TPSA) is 72.6 Å². The Morgan fingerprint density at radius 1 is 0.909 bits per heavy atom. The molecule has 0 saturated carbocycles. The Morgan fingerprint density at radius 3 is 2.42 bits per heavy atom. The molecule has 5 aromatic rings. The van der Waals surface area contributed by atoms with Crippen LogP contribution in [0, 0.1) is 5.82 Å². The van der Waals surface area contributed by atoms with E-state index in [1.165, 1.54) is 24.1 Å². The van der Waals surface area contributed by atoms with Crippen LogP contribution >= 0.6 is 0 Å². The molecule has 1 saturated heterocycles. The maximum absolute atomic E-state index is 13.6. The van der Waals surface area contributed by atoms with E-state index in [4.69, 9.17) is 4.98 Å². The number of aromatic nitrogens is 4. The third kappa shape index (κ3) is 4.07. The molecule has 33 heavy (non-hydrogen) atoms. The molecule has 0 amide bonds. The van der Waals surface area contributed by atoms with Crippen molar-refractivity contribution < 1.29 is 4.39 Å². The standard InChI is InChI=1S/C26H25FN6/c27-19-5-7-20(8-6-19)33(14-17-3-9-21-24(12-17)30-16-29-21)15-18-4-10-22-25(13-18)32-26(31-22)23-2-1-11-28-23/h3-10,12-13,16,23,28H,1-2,11,14-15H2,(H,29,30)(H,31,32). The van der Waals surface area contributed by atoms with E-state index < -0.39 is 0 Å². The lowest BCUT2D eigenvalue weighted by Crippen LogP contribution is -2.22. The second kappa shape index (κ2) is 8.33. The molecular weight excluding hydrogens is 415 g/mol. The second-order valence-electron chi connectivity index (χ2n) is 8.71. The Hall–Kier alpha value is -3.71. The van der Waals surface area contributed by atoms with Gasteiger partial charge in [0.25, 0.3) is 0 Å². The predicted molar refractivity (Wildman–Crippen MR) is 128 cm³/mol. The number of hydrogen-bond donors (Lipinski definition) is 3. The molecule has 1 aliphatic heterocycles. The monoisotopic (exact) mass is 440 g/mol. The molecule has 3 N–H and O–H groups in total. The van der Waals surface area contributed by atoms with Crippen molar-refractivity contribution >= 4 is 27.8 Å². The van der Waals surface area contributed by atoms with Gasteiger partial charge in [-0.3, -0.25) is 0 Å². The highest BCUT2D eigenvalue weighted by molar-refractivity contribution is 5.76. The van der Waals surface area contributed by atoms with Crippen molar-refractivity contribution in [2.45, 2.75) is 32.0 Å². The van der Waals surface area contributed by atoms with Crippen LogP contribution in [0.1, 0.15) is 35.8 Å².